The van der Waals surface area contributed by atoms with Crippen molar-refractivity contribution in [3.8, 4) is 12.3 Å². The number of carbonyl (C=O) groups is 1. The number of benzene rings is 1. The summed E-state index contributed by atoms with van der Waals surface area (Å²) in [6.45, 7) is 2.04. The molecule has 0 bridgehead atoms. The van der Waals surface area contributed by atoms with Gasteiger partial charge in [-0.25, -0.2) is 0 Å². The number of hydrogen-bond donors (Lipinski definition) is 2. The van der Waals surface area contributed by atoms with Gasteiger partial charge in [0.2, 0.25) is 5.91 Å². The van der Waals surface area contributed by atoms with Crippen LogP contribution in [-0.4, -0.2) is 18.5 Å². The highest BCUT2D eigenvalue weighted by Gasteiger charge is 2.10. The van der Waals surface area contributed by atoms with Gasteiger partial charge in [-0.15, -0.1) is 6.42 Å². The van der Waals surface area contributed by atoms with E-state index in [1.165, 1.54) is 0 Å². The van der Waals surface area contributed by atoms with E-state index in [-0.39, 0.29) is 18.5 Å². The second-order valence-corrected chi connectivity index (χ2v) is 4.21. The Kier molecular flexibility index (Phi) is 4.87. The summed E-state index contributed by atoms with van der Waals surface area (Å²) in [7, 11) is 0. The number of halogens is 1. The molecule has 0 aliphatic rings. The number of amides is 1. The van der Waals surface area contributed by atoms with Gasteiger partial charge < -0.3 is 10.6 Å². The minimum absolute atomic E-state index is 0.110. The first-order chi connectivity index (χ1) is 7.63. The molecule has 3 nitrogen and oxygen atoms in total. The van der Waals surface area contributed by atoms with Crippen molar-refractivity contribution in [3.63, 3.8) is 0 Å². The molecule has 1 rings (SSSR count). The Morgan fingerprint density at radius 2 is 2.12 bits per heavy atom. The van der Waals surface area contributed by atoms with Crippen LogP contribution >= 0.6 is 15.9 Å². The SMILES string of the molecule is C#CCNC(=O)C(C)Nc1ccc(Br)cc1. The fourth-order valence-corrected chi connectivity index (χ4v) is 1.42. The largest absolute Gasteiger partial charge is 0.374 e. The summed E-state index contributed by atoms with van der Waals surface area (Å²) in [4.78, 5) is 11.5. The van der Waals surface area contributed by atoms with Crippen molar-refractivity contribution in [3.05, 3.63) is 28.7 Å². The highest BCUT2D eigenvalue weighted by atomic mass is 79.9. The lowest BCUT2D eigenvalue weighted by Gasteiger charge is -2.14. The van der Waals surface area contributed by atoms with Gasteiger partial charge in [0.15, 0.2) is 0 Å². The van der Waals surface area contributed by atoms with Gasteiger partial charge in [0, 0.05) is 10.2 Å². The fourth-order valence-electron chi connectivity index (χ4n) is 1.15. The van der Waals surface area contributed by atoms with Gasteiger partial charge in [-0.05, 0) is 31.2 Å². The van der Waals surface area contributed by atoms with Gasteiger partial charge in [0.25, 0.3) is 0 Å². The number of hydrogen-bond acceptors (Lipinski definition) is 2. The summed E-state index contributed by atoms with van der Waals surface area (Å²) in [6.07, 6.45) is 5.06. The standard InChI is InChI=1S/C12H13BrN2O/c1-3-8-14-12(16)9(2)15-11-6-4-10(13)5-7-11/h1,4-7,9,15H,8H2,2H3,(H,14,16). The predicted molar refractivity (Wildman–Crippen MR) is 69.1 cm³/mol. The molecule has 0 aromatic heterocycles. The zero-order valence-electron chi connectivity index (χ0n) is 8.96. The van der Waals surface area contributed by atoms with E-state index in [4.69, 9.17) is 6.42 Å². The zero-order chi connectivity index (χ0) is 12.0. The molecule has 0 aliphatic carbocycles. The van der Waals surface area contributed by atoms with Crippen LogP contribution in [0.2, 0.25) is 0 Å². The molecule has 4 heteroatoms. The van der Waals surface area contributed by atoms with E-state index >= 15 is 0 Å². The fraction of sp³-hybridized carbons (Fsp3) is 0.250. The number of anilines is 1. The molecule has 1 unspecified atom stereocenters. The van der Waals surface area contributed by atoms with Gasteiger partial charge in [0.1, 0.15) is 6.04 Å². The average Bonchev–Trinajstić information content (AvgIpc) is 2.29. The first kappa shape index (κ1) is 12.6. The lowest BCUT2D eigenvalue weighted by molar-refractivity contribution is -0.121. The summed E-state index contributed by atoms with van der Waals surface area (Å²) in [5, 5.41) is 5.69. The van der Waals surface area contributed by atoms with Crippen molar-refractivity contribution in [1.29, 1.82) is 0 Å². The molecular formula is C12H13BrN2O. The second-order valence-electron chi connectivity index (χ2n) is 3.29. The molecule has 0 spiro atoms. The highest BCUT2D eigenvalue weighted by molar-refractivity contribution is 9.10. The quantitative estimate of drug-likeness (QED) is 0.829. The van der Waals surface area contributed by atoms with Gasteiger partial charge in [-0.3, -0.25) is 4.79 Å². The van der Waals surface area contributed by atoms with E-state index in [9.17, 15) is 4.79 Å². The number of terminal acetylenes is 1. The molecule has 1 atom stereocenters. The minimum atomic E-state index is -0.311. The average molecular weight is 281 g/mol. The number of nitrogens with one attached hydrogen (secondary N) is 2. The molecule has 1 aromatic carbocycles. The first-order valence-electron chi connectivity index (χ1n) is 4.86. The van der Waals surface area contributed by atoms with E-state index in [1.54, 1.807) is 6.92 Å². The van der Waals surface area contributed by atoms with E-state index in [2.05, 4.69) is 32.5 Å². The van der Waals surface area contributed by atoms with Crippen molar-refractivity contribution in [2.45, 2.75) is 13.0 Å². The van der Waals surface area contributed by atoms with Crippen molar-refractivity contribution in [2.75, 3.05) is 11.9 Å². The van der Waals surface area contributed by atoms with Crippen LogP contribution in [-0.2, 0) is 4.79 Å². The van der Waals surface area contributed by atoms with E-state index < -0.39 is 0 Å². The maximum atomic E-state index is 11.5. The van der Waals surface area contributed by atoms with Gasteiger partial charge >= 0.3 is 0 Å². The minimum Gasteiger partial charge on any atom is -0.374 e. The van der Waals surface area contributed by atoms with Gasteiger partial charge in [-0.2, -0.15) is 0 Å². The van der Waals surface area contributed by atoms with Crippen LogP contribution < -0.4 is 10.6 Å². The topological polar surface area (TPSA) is 41.1 Å². The van der Waals surface area contributed by atoms with E-state index in [1.807, 2.05) is 24.3 Å². The lowest BCUT2D eigenvalue weighted by atomic mass is 10.2. The van der Waals surface area contributed by atoms with Crippen LogP contribution in [0.5, 0.6) is 0 Å². The summed E-state index contributed by atoms with van der Waals surface area (Å²) >= 11 is 3.35. The van der Waals surface area contributed by atoms with Gasteiger partial charge in [-0.1, -0.05) is 21.9 Å². The maximum absolute atomic E-state index is 11.5. The Bertz CT molecular complexity index is 394. The van der Waals surface area contributed by atoms with Crippen LogP contribution in [0.15, 0.2) is 28.7 Å². The predicted octanol–water partition coefficient (Wildman–Crippen LogP) is 2.00. The first-order valence-corrected chi connectivity index (χ1v) is 5.66. The Balaban J connectivity index is 2.51. The van der Waals surface area contributed by atoms with Crippen molar-refractivity contribution < 1.29 is 4.79 Å². The van der Waals surface area contributed by atoms with Crippen LogP contribution in [0, 0.1) is 12.3 Å². The molecule has 0 saturated heterocycles. The summed E-state index contributed by atoms with van der Waals surface area (Å²) in [5.74, 6) is 2.25. The molecule has 84 valence electrons. The number of rotatable bonds is 4. The highest BCUT2D eigenvalue weighted by Crippen LogP contribution is 2.14. The Morgan fingerprint density at radius 1 is 1.50 bits per heavy atom. The third kappa shape index (κ3) is 3.95. The lowest BCUT2D eigenvalue weighted by Crippen LogP contribution is -2.37. The molecule has 0 radical (unpaired) electrons. The van der Waals surface area contributed by atoms with Crippen LogP contribution in [0.3, 0.4) is 0 Å². The molecule has 0 aliphatic heterocycles. The van der Waals surface area contributed by atoms with Crippen molar-refractivity contribution in [1.82, 2.24) is 5.32 Å². The Morgan fingerprint density at radius 3 is 2.69 bits per heavy atom. The summed E-state index contributed by atoms with van der Waals surface area (Å²) in [6, 6.07) is 7.31. The third-order valence-corrected chi connectivity index (χ3v) is 2.51. The second kappa shape index (κ2) is 6.19. The van der Waals surface area contributed by atoms with Gasteiger partial charge in [0.05, 0.1) is 6.54 Å². The Hall–Kier alpha value is -1.47. The molecule has 0 saturated carbocycles. The van der Waals surface area contributed by atoms with Crippen molar-refractivity contribution in [2.24, 2.45) is 0 Å². The molecular weight excluding hydrogens is 268 g/mol. The summed E-state index contributed by atoms with van der Waals surface area (Å²) in [5.41, 5.74) is 0.895. The Labute approximate surface area is 104 Å². The number of carbonyl (C=O) groups excluding carboxylic acids is 1. The van der Waals surface area contributed by atoms with Crippen LogP contribution in [0.1, 0.15) is 6.92 Å². The molecule has 1 amide bonds. The smallest absolute Gasteiger partial charge is 0.242 e. The third-order valence-electron chi connectivity index (χ3n) is 1.99. The van der Waals surface area contributed by atoms with Crippen molar-refractivity contribution >= 4 is 27.5 Å². The summed E-state index contributed by atoms with van der Waals surface area (Å²) < 4.78 is 1.00. The normalized spacial score (nSPS) is 11.3. The van der Waals surface area contributed by atoms with Crippen LogP contribution in [0.4, 0.5) is 5.69 Å². The zero-order valence-corrected chi connectivity index (χ0v) is 10.5. The molecule has 0 heterocycles. The van der Waals surface area contributed by atoms with Crippen LogP contribution in [0.25, 0.3) is 0 Å². The monoisotopic (exact) mass is 280 g/mol. The molecule has 2 N–H and O–H groups in total. The van der Waals surface area contributed by atoms with E-state index in [0.29, 0.717) is 0 Å². The maximum Gasteiger partial charge on any atom is 0.242 e. The van der Waals surface area contributed by atoms with E-state index in [0.717, 1.165) is 10.2 Å². The molecule has 16 heavy (non-hydrogen) atoms. The molecule has 1 aromatic rings. The molecule has 0 fully saturated rings.